The van der Waals surface area contributed by atoms with Crippen LogP contribution in [0.25, 0.3) is 0 Å². The summed E-state index contributed by atoms with van der Waals surface area (Å²) in [6.45, 7) is 7.95. The van der Waals surface area contributed by atoms with Crippen LogP contribution in [0.1, 0.15) is 43.6 Å². The number of carbonyl (C=O) groups is 2. The standard InChI is InChI=1S/C22H24O5/c1-14(20(23)15-9-11-16(12-10-15)22(2,3)4)26-21(24)19-13-25-17-7-5-6-8-18(17)27-19/h5-12,14,19H,13H2,1-4H3/t14-,19-/m1/s1. The molecule has 1 aliphatic heterocycles. The van der Waals surface area contributed by atoms with Gasteiger partial charge in [0.1, 0.15) is 6.61 Å². The van der Waals surface area contributed by atoms with Gasteiger partial charge < -0.3 is 14.2 Å². The van der Waals surface area contributed by atoms with Gasteiger partial charge in [0, 0.05) is 5.56 Å². The third-order valence-electron chi connectivity index (χ3n) is 4.47. The molecule has 0 aromatic heterocycles. The average Bonchev–Trinajstić information content (AvgIpc) is 2.66. The number of ketones is 1. The Labute approximate surface area is 159 Å². The number of Topliss-reactive ketones (excluding diaryl/α,β-unsaturated/α-hetero) is 1. The molecule has 0 unspecified atom stereocenters. The second-order valence-corrected chi connectivity index (χ2v) is 7.63. The Hall–Kier alpha value is -2.82. The van der Waals surface area contributed by atoms with Gasteiger partial charge >= 0.3 is 5.97 Å². The fourth-order valence-electron chi connectivity index (χ4n) is 2.81. The van der Waals surface area contributed by atoms with Crippen LogP contribution >= 0.6 is 0 Å². The molecule has 0 saturated heterocycles. The molecule has 1 heterocycles. The number of fused-ring (bicyclic) bond motifs is 1. The molecule has 2 aromatic rings. The lowest BCUT2D eigenvalue weighted by Gasteiger charge is -2.26. The summed E-state index contributed by atoms with van der Waals surface area (Å²) < 4.78 is 16.5. The zero-order valence-corrected chi connectivity index (χ0v) is 16.0. The molecular formula is C22H24O5. The van der Waals surface area contributed by atoms with Gasteiger partial charge in [-0.05, 0) is 30.0 Å². The fraction of sp³-hybridized carbons (Fsp3) is 0.364. The van der Waals surface area contributed by atoms with Crippen LogP contribution in [0.4, 0.5) is 0 Å². The Morgan fingerprint density at radius 1 is 1.04 bits per heavy atom. The first-order valence-electron chi connectivity index (χ1n) is 8.99. The van der Waals surface area contributed by atoms with Crippen LogP contribution in [0.2, 0.25) is 0 Å². The first-order chi connectivity index (χ1) is 12.8. The van der Waals surface area contributed by atoms with E-state index >= 15 is 0 Å². The first kappa shape index (κ1) is 19.0. The van der Waals surface area contributed by atoms with Gasteiger partial charge in [0.25, 0.3) is 0 Å². The van der Waals surface area contributed by atoms with Gasteiger partial charge in [0.05, 0.1) is 0 Å². The zero-order chi connectivity index (χ0) is 19.6. The molecule has 3 rings (SSSR count). The number of esters is 1. The van der Waals surface area contributed by atoms with Crippen molar-refractivity contribution in [2.75, 3.05) is 6.61 Å². The molecule has 2 aromatic carbocycles. The van der Waals surface area contributed by atoms with Gasteiger partial charge in [0.15, 0.2) is 17.6 Å². The molecule has 0 N–H and O–H groups in total. The van der Waals surface area contributed by atoms with Crippen LogP contribution in [0, 0.1) is 0 Å². The predicted octanol–water partition coefficient (Wildman–Crippen LogP) is 3.94. The normalized spacial score (nSPS) is 17.1. The minimum Gasteiger partial charge on any atom is -0.485 e. The maximum Gasteiger partial charge on any atom is 0.351 e. The third kappa shape index (κ3) is 4.30. The SMILES string of the molecule is C[C@@H](OC(=O)[C@H]1COc2ccccc2O1)C(=O)c1ccc(C(C)(C)C)cc1. The van der Waals surface area contributed by atoms with E-state index < -0.39 is 18.2 Å². The number of hydrogen-bond acceptors (Lipinski definition) is 5. The van der Waals surface area contributed by atoms with Gasteiger partial charge in [-0.3, -0.25) is 4.79 Å². The van der Waals surface area contributed by atoms with Crippen molar-refractivity contribution >= 4 is 11.8 Å². The number of para-hydroxylation sites is 2. The number of rotatable bonds is 4. The van der Waals surface area contributed by atoms with Crippen LogP contribution in [0.3, 0.4) is 0 Å². The Kier molecular flexibility index (Phi) is 5.22. The van der Waals surface area contributed by atoms with E-state index in [1.54, 1.807) is 37.3 Å². The molecule has 5 heteroatoms. The summed E-state index contributed by atoms with van der Waals surface area (Å²) in [7, 11) is 0. The molecule has 27 heavy (non-hydrogen) atoms. The summed E-state index contributed by atoms with van der Waals surface area (Å²) in [5.74, 6) is 0.213. The molecule has 0 spiro atoms. The highest BCUT2D eigenvalue weighted by Crippen LogP contribution is 2.31. The van der Waals surface area contributed by atoms with E-state index in [2.05, 4.69) is 20.8 Å². The smallest absolute Gasteiger partial charge is 0.351 e. The molecule has 0 fully saturated rings. The van der Waals surface area contributed by atoms with Crippen LogP contribution in [-0.2, 0) is 14.9 Å². The maximum atomic E-state index is 12.6. The van der Waals surface area contributed by atoms with E-state index in [0.29, 0.717) is 17.1 Å². The van der Waals surface area contributed by atoms with Gasteiger partial charge in [-0.2, -0.15) is 0 Å². The predicted molar refractivity (Wildman–Crippen MR) is 101 cm³/mol. The molecule has 1 aliphatic rings. The number of ether oxygens (including phenoxy) is 3. The van der Waals surface area contributed by atoms with Crippen molar-refractivity contribution < 1.29 is 23.8 Å². The summed E-state index contributed by atoms with van der Waals surface area (Å²) in [6, 6.07) is 14.5. The number of carbonyl (C=O) groups excluding carboxylic acids is 2. The Bertz CT molecular complexity index is 833. The van der Waals surface area contributed by atoms with Crippen LogP contribution < -0.4 is 9.47 Å². The third-order valence-corrected chi connectivity index (χ3v) is 4.47. The van der Waals surface area contributed by atoms with E-state index in [-0.39, 0.29) is 17.8 Å². The number of benzene rings is 2. The quantitative estimate of drug-likeness (QED) is 0.604. The molecule has 0 amide bonds. The highest BCUT2D eigenvalue weighted by molar-refractivity contribution is 6.00. The Balaban J connectivity index is 1.62. The number of hydrogen-bond donors (Lipinski definition) is 0. The van der Waals surface area contributed by atoms with Crippen LogP contribution in [-0.4, -0.2) is 30.6 Å². The second-order valence-electron chi connectivity index (χ2n) is 7.63. The van der Waals surface area contributed by atoms with E-state index in [0.717, 1.165) is 5.56 Å². The molecule has 0 bridgehead atoms. The summed E-state index contributed by atoms with van der Waals surface area (Å²) in [6.07, 6.45) is -1.79. The summed E-state index contributed by atoms with van der Waals surface area (Å²) in [5, 5.41) is 0. The maximum absolute atomic E-state index is 12.6. The zero-order valence-electron chi connectivity index (χ0n) is 16.0. The highest BCUT2D eigenvalue weighted by Gasteiger charge is 2.31. The molecule has 0 aliphatic carbocycles. The monoisotopic (exact) mass is 368 g/mol. The summed E-state index contributed by atoms with van der Waals surface area (Å²) in [5.41, 5.74) is 1.65. The summed E-state index contributed by atoms with van der Waals surface area (Å²) >= 11 is 0. The van der Waals surface area contributed by atoms with Gasteiger partial charge in [-0.1, -0.05) is 57.2 Å². The molecule has 2 atom stereocenters. The van der Waals surface area contributed by atoms with Gasteiger partial charge in [0.2, 0.25) is 11.9 Å². The average molecular weight is 368 g/mol. The van der Waals surface area contributed by atoms with Crippen molar-refractivity contribution in [2.24, 2.45) is 0 Å². The largest absolute Gasteiger partial charge is 0.485 e. The fourth-order valence-corrected chi connectivity index (χ4v) is 2.81. The van der Waals surface area contributed by atoms with E-state index in [1.165, 1.54) is 0 Å². The topological polar surface area (TPSA) is 61.8 Å². The molecule has 5 nitrogen and oxygen atoms in total. The van der Waals surface area contributed by atoms with E-state index in [1.807, 2.05) is 18.2 Å². The van der Waals surface area contributed by atoms with E-state index in [4.69, 9.17) is 14.2 Å². The van der Waals surface area contributed by atoms with Gasteiger partial charge in [-0.15, -0.1) is 0 Å². The van der Waals surface area contributed by atoms with Crippen LogP contribution in [0.15, 0.2) is 48.5 Å². The van der Waals surface area contributed by atoms with Crippen LogP contribution in [0.5, 0.6) is 11.5 Å². The summed E-state index contributed by atoms with van der Waals surface area (Å²) in [4.78, 5) is 24.9. The van der Waals surface area contributed by atoms with Crippen molar-refractivity contribution in [3.05, 3.63) is 59.7 Å². The lowest BCUT2D eigenvalue weighted by atomic mass is 9.86. The first-order valence-corrected chi connectivity index (χ1v) is 8.99. The van der Waals surface area contributed by atoms with E-state index in [9.17, 15) is 9.59 Å². The molecular weight excluding hydrogens is 344 g/mol. The lowest BCUT2D eigenvalue weighted by molar-refractivity contribution is -0.157. The molecule has 0 saturated carbocycles. The Morgan fingerprint density at radius 3 is 2.30 bits per heavy atom. The lowest BCUT2D eigenvalue weighted by Crippen LogP contribution is -2.40. The van der Waals surface area contributed by atoms with Crippen molar-refractivity contribution in [1.29, 1.82) is 0 Å². The van der Waals surface area contributed by atoms with Crippen molar-refractivity contribution in [1.82, 2.24) is 0 Å². The Morgan fingerprint density at radius 2 is 1.67 bits per heavy atom. The molecule has 142 valence electrons. The second kappa shape index (κ2) is 7.43. The minimum atomic E-state index is -0.904. The van der Waals surface area contributed by atoms with Crippen molar-refractivity contribution in [3.63, 3.8) is 0 Å². The minimum absolute atomic E-state index is 0.00821. The van der Waals surface area contributed by atoms with Crippen molar-refractivity contribution in [2.45, 2.75) is 45.3 Å². The highest BCUT2D eigenvalue weighted by atomic mass is 16.6. The van der Waals surface area contributed by atoms with Gasteiger partial charge in [-0.25, -0.2) is 4.79 Å². The van der Waals surface area contributed by atoms with Crippen molar-refractivity contribution in [3.8, 4) is 11.5 Å². The molecule has 0 radical (unpaired) electrons.